The number of nitrogens with one attached hydrogen (secondary N) is 1. The predicted molar refractivity (Wildman–Crippen MR) is 117 cm³/mol. The third-order valence-electron chi connectivity index (χ3n) is 5.36. The number of carbonyl (C=O) groups excluding carboxylic acids is 1. The van der Waals surface area contributed by atoms with Crippen molar-refractivity contribution < 1.29 is 9.53 Å². The van der Waals surface area contributed by atoms with Gasteiger partial charge in [0, 0.05) is 12.1 Å². The normalized spacial score (nSPS) is 14.3. The molecule has 0 unspecified atom stereocenters. The highest BCUT2D eigenvalue weighted by molar-refractivity contribution is 5.93. The molecular weight excluding hydrogens is 372 g/mol. The zero-order chi connectivity index (χ0) is 19.1. The average molecular weight is 403 g/mol. The molecule has 2 aromatic rings. The van der Waals surface area contributed by atoms with Crippen LogP contribution < -0.4 is 15.8 Å². The summed E-state index contributed by atoms with van der Waals surface area (Å²) in [5.74, 6) is 1.31. The Morgan fingerprint density at radius 3 is 2.64 bits per heavy atom. The number of carbonyl (C=O) groups is 1. The second-order valence-corrected chi connectivity index (χ2v) is 7.48. The summed E-state index contributed by atoms with van der Waals surface area (Å²) in [6, 6.07) is 13.6. The van der Waals surface area contributed by atoms with Gasteiger partial charge in [-0.15, -0.1) is 12.4 Å². The summed E-state index contributed by atoms with van der Waals surface area (Å²) in [4.78, 5) is 11.3. The van der Waals surface area contributed by atoms with Crippen LogP contribution in [0.1, 0.15) is 48.0 Å². The van der Waals surface area contributed by atoms with Gasteiger partial charge in [-0.3, -0.25) is 4.79 Å². The molecule has 0 heterocycles. The molecule has 28 heavy (non-hydrogen) atoms. The Kier molecular flexibility index (Phi) is 8.81. The van der Waals surface area contributed by atoms with Crippen LogP contribution in [-0.4, -0.2) is 25.6 Å². The van der Waals surface area contributed by atoms with E-state index in [-0.39, 0.29) is 12.4 Å². The fourth-order valence-corrected chi connectivity index (χ4v) is 3.83. The van der Waals surface area contributed by atoms with Crippen molar-refractivity contribution >= 4 is 18.3 Å². The first kappa shape index (κ1) is 22.3. The molecule has 152 valence electrons. The summed E-state index contributed by atoms with van der Waals surface area (Å²) in [6.45, 7) is 4.63. The Labute approximate surface area is 174 Å². The largest absolute Gasteiger partial charge is 0.492 e. The zero-order valence-electron chi connectivity index (χ0n) is 16.6. The van der Waals surface area contributed by atoms with Crippen LogP contribution in [0.3, 0.4) is 0 Å². The van der Waals surface area contributed by atoms with Gasteiger partial charge in [0.1, 0.15) is 12.4 Å². The van der Waals surface area contributed by atoms with Crippen molar-refractivity contribution in [2.45, 2.75) is 39.0 Å². The maximum absolute atomic E-state index is 11.3. The smallest absolute Gasteiger partial charge is 0.248 e. The Morgan fingerprint density at radius 1 is 1.14 bits per heavy atom. The summed E-state index contributed by atoms with van der Waals surface area (Å²) in [5.41, 5.74) is 9.08. The Morgan fingerprint density at radius 2 is 1.93 bits per heavy atom. The van der Waals surface area contributed by atoms with Crippen LogP contribution in [0.25, 0.3) is 11.1 Å². The lowest BCUT2D eigenvalue weighted by Gasteiger charge is -2.21. The molecule has 1 saturated carbocycles. The highest BCUT2D eigenvalue weighted by atomic mass is 35.5. The number of aryl methyl sites for hydroxylation is 1. The third kappa shape index (κ3) is 6.25. The van der Waals surface area contributed by atoms with E-state index in [1.165, 1.54) is 32.1 Å². The quantitative estimate of drug-likeness (QED) is 0.627. The fraction of sp³-hybridized carbons (Fsp3) is 0.435. The SMILES string of the molecule is Cc1cc(C(N)=O)ccc1-c1cccc(OCCNCC2CCCCC2)c1.Cl. The third-order valence-corrected chi connectivity index (χ3v) is 5.36. The van der Waals surface area contributed by atoms with Crippen LogP contribution in [0.2, 0.25) is 0 Å². The van der Waals surface area contributed by atoms with Crippen LogP contribution in [0.4, 0.5) is 0 Å². The van der Waals surface area contributed by atoms with Crippen molar-refractivity contribution in [3.63, 3.8) is 0 Å². The van der Waals surface area contributed by atoms with Crippen molar-refractivity contribution in [3.05, 3.63) is 53.6 Å². The summed E-state index contributed by atoms with van der Waals surface area (Å²) in [6.07, 6.45) is 6.90. The van der Waals surface area contributed by atoms with Crippen LogP contribution in [0.15, 0.2) is 42.5 Å². The standard InChI is InChI=1S/C23H30N2O2.ClH/c1-17-14-20(23(24)26)10-11-22(17)19-8-5-9-21(15-19)27-13-12-25-16-18-6-3-2-4-7-18;/h5,8-11,14-15,18,25H,2-4,6-7,12-13,16H2,1H3,(H2,24,26);1H. The number of benzene rings is 2. The van der Waals surface area contributed by atoms with Crippen molar-refractivity contribution in [3.8, 4) is 16.9 Å². The van der Waals surface area contributed by atoms with Crippen molar-refractivity contribution in [1.29, 1.82) is 0 Å². The average Bonchev–Trinajstić information content (AvgIpc) is 2.68. The maximum atomic E-state index is 11.3. The lowest BCUT2D eigenvalue weighted by Crippen LogP contribution is -2.28. The second kappa shape index (κ2) is 11.1. The minimum atomic E-state index is -0.400. The number of amides is 1. The molecule has 0 spiro atoms. The summed E-state index contributed by atoms with van der Waals surface area (Å²) < 4.78 is 5.92. The van der Waals surface area contributed by atoms with Gasteiger partial charge in [0.05, 0.1) is 0 Å². The molecule has 0 bridgehead atoms. The molecule has 4 nitrogen and oxygen atoms in total. The molecule has 2 aromatic carbocycles. The van der Waals surface area contributed by atoms with E-state index in [1.54, 1.807) is 6.07 Å². The first-order valence-corrected chi connectivity index (χ1v) is 9.98. The Balaban J connectivity index is 0.00000280. The topological polar surface area (TPSA) is 64.4 Å². The van der Waals surface area contributed by atoms with Crippen LogP contribution in [-0.2, 0) is 0 Å². The maximum Gasteiger partial charge on any atom is 0.248 e. The predicted octanol–water partition coefficient (Wildman–Crippen LogP) is 4.73. The summed E-state index contributed by atoms with van der Waals surface area (Å²) in [5, 5.41) is 3.53. The number of halogens is 1. The van der Waals surface area contributed by atoms with E-state index in [1.807, 2.05) is 37.3 Å². The van der Waals surface area contributed by atoms with Crippen LogP contribution in [0, 0.1) is 12.8 Å². The number of nitrogens with two attached hydrogens (primary N) is 1. The van der Waals surface area contributed by atoms with E-state index >= 15 is 0 Å². The molecule has 0 aromatic heterocycles. The number of ether oxygens (including phenoxy) is 1. The summed E-state index contributed by atoms with van der Waals surface area (Å²) >= 11 is 0. The van der Waals surface area contributed by atoms with Gasteiger partial charge in [0.15, 0.2) is 0 Å². The molecule has 0 aliphatic heterocycles. The monoisotopic (exact) mass is 402 g/mol. The van der Waals surface area contributed by atoms with Crippen molar-refractivity contribution in [1.82, 2.24) is 5.32 Å². The van der Waals surface area contributed by atoms with Gasteiger partial charge in [0.25, 0.3) is 0 Å². The van der Waals surface area contributed by atoms with E-state index in [2.05, 4.69) is 11.4 Å². The number of hydrogen-bond acceptors (Lipinski definition) is 3. The molecule has 3 N–H and O–H groups in total. The molecular formula is C23H31ClN2O2. The lowest BCUT2D eigenvalue weighted by atomic mass is 9.89. The van der Waals surface area contributed by atoms with E-state index in [0.717, 1.165) is 41.4 Å². The molecule has 0 atom stereocenters. The van der Waals surface area contributed by atoms with Crippen molar-refractivity contribution in [2.24, 2.45) is 11.7 Å². The highest BCUT2D eigenvalue weighted by Crippen LogP contribution is 2.27. The molecule has 1 aliphatic rings. The molecule has 3 rings (SSSR count). The highest BCUT2D eigenvalue weighted by Gasteiger charge is 2.12. The molecule has 1 aliphatic carbocycles. The lowest BCUT2D eigenvalue weighted by molar-refractivity contribution is 0.1000. The first-order valence-electron chi connectivity index (χ1n) is 9.98. The fourth-order valence-electron chi connectivity index (χ4n) is 3.83. The van der Waals surface area contributed by atoms with E-state index in [4.69, 9.17) is 10.5 Å². The first-order chi connectivity index (χ1) is 13.1. The minimum absolute atomic E-state index is 0. The summed E-state index contributed by atoms with van der Waals surface area (Å²) in [7, 11) is 0. The molecule has 0 saturated heterocycles. The minimum Gasteiger partial charge on any atom is -0.492 e. The molecule has 1 amide bonds. The van der Waals surface area contributed by atoms with Gasteiger partial charge in [-0.2, -0.15) is 0 Å². The zero-order valence-corrected chi connectivity index (χ0v) is 17.4. The van der Waals surface area contributed by atoms with Gasteiger partial charge < -0.3 is 15.8 Å². The number of rotatable bonds is 8. The van der Waals surface area contributed by atoms with Gasteiger partial charge in [-0.05, 0) is 73.2 Å². The Hall–Kier alpha value is -2.04. The van der Waals surface area contributed by atoms with Crippen LogP contribution in [0.5, 0.6) is 5.75 Å². The van der Waals surface area contributed by atoms with Gasteiger partial charge >= 0.3 is 0 Å². The van der Waals surface area contributed by atoms with E-state index < -0.39 is 5.91 Å². The molecule has 1 fully saturated rings. The van der Waals surface area contributed by atoms with Gasteiger partial charge in [-0.1, -0.05) is 37.5 Å². The number of hydrogen-bond donors (Lipinski definition) is 2. The van der Waals surface area contributed by atoms with Gasteiger partial charge in [-0.25, -0.2) is 0 Å². The number of primary amides is 1. The van der Waals surface area contributed by atoms with E-state index in [9.17, 15) is 4.79 Å². The van der Waals surface area contributed by atoms with Crippen molar-refractivity contribution in [2.75, 3.05) is 19.7 Å². The Bertz CT molecular complexity index is 773. The second-order valence-electron chi connectivity index (χ2n) is 7.48. The van der Waals surface area contributed by atoms with Gasteiger partial charge in [0.2, 0.25) is 5.91 Å². The van der Waals surface area contributed by atoms with E-state index in [0.29, 0.717) is 12.2 Å². The van der Waals surface area contributed by atoms with Crippen LogP contribution >= 0.6 is 12.4 Å². The molecule has 5 heteroatoms. The molecule has 0 radical (unpaired) electrons.